The van der Waals surface area contributed by atoms with E-state index in [-0.39, 0.29) is 11.2 Å². The van der Waals surface area contributed by atoms with Crippen molar-refractivity contribution in [1.82, 2.24) is 0 Å². The van der Waals surface area contributed by atoms with E-state index in [1.807, 2.05) is 0 Å². The van der Waals surface area contributed by atoms with Crippen LogP contribution < -0.4 is 4.74 Å². The van der Waals surface area contributed by atoms with E-state index in [0.29, 0.717) is 5.56 Å². The zero-order valence-electron chi connectivity index (χ0n) is 13.3. The number of hydrogen-bond acceptors (Lipinski definition) is 3. The Morgan fingerprint density at radius 3 is 2.24 bits per heavy atom. The number of ether oxygens (including phenoxy) is 2. The molecular weight excluding hydrogens is 271 g/mol. The number of methoxy groups -OCH3 is 2. The summed E-state index contributed by atoms with van der Waals surface area (Å²) in [7, 11) is 3.05. The highest BCUT2D eigenvalue weighted by Crippen LogP contribution is 2.47. The van der Waals surface area contributed by atoms with Crippen LogP contribution in [-0.4, -0.2) is 24.9 Å². The van der Waals surface area contributed by atoms with Gasteiger partial charge in [0.15, 0.2) is 11.6 Å². The van der Waals surface area contributed by atoms with E-state index in [1.165, 1.54) is 13.2 Å². The second-order valence-corrected chi connectivity index (χ2v) is 6.73. The fourth-order valence-corrected chi connectivity index (χ4v) is 3.10. The summed E-state index contributed by atoms with van der Waals surface area (Å²) in [5.74, 6) is -0.279. The van der Waals surface area contributed by atoms with Crippen molar-refractivity contribution in [2.24, 2.45) is 5.41 Å². The zero-order valence-corrected chi connectivity index (χ0v) is 13.3. The molecule has 0 amide bonds. The first-order valence-electron chi connectivity index (χ1n) is 7.40. The van der Waals surface area contributed by atoms with Crippen molar-refractivity contribution in [3.8, 4) is 5.75 Å². The third-order valence-corrected chi connectivity index (χ3v) is 4.85. The van der Waals surface area contributed by atoms with Gasteiger partial charge in [-0.05, 0) is 48.8 Å². The zero-order chi connectivity index (χ0) is 15.7. The smallest absolute Gasteiger partial charge is 0.165 e. The van der Waals surface area contributed by atoms with E-state index in [4.69, 9.17) is 9.47 Å². The molecule has 0 heterocycles. The lowest BCUT2D eigenvalue weighted by molar-refractivity contribution is -0.138. The van der Waals surface area contributed by atoms with Crippen molar-refractivity contribution in [3.63, 3.8) is 0 Å². The number of aliphatic hydroxyl groups excluding tert-OH is 1. The van der Waals surface area contributed by atoms with Crippen LogP contribution in [0, 0.1) is 11.2 Å². The number of rotatable bonds is 4. The topological polar surface area (TPSA) is 38.7 Å². The molecule has 1 aromatic rings. The first kappa shape index (κ1) is 16.2. The average molecular weight is 296 g/mol. The molecule has 1 aromatic carbocycles. The lowest BCUT2D eigenvalue weighted by Gasteiger charge is -2.45. The molecule has 1 aliphatic rings. The van der Waals surface area contributed by atoms with Crippen LogP contribution in [0.4, 0.5) is 4.39 Å². The van der Waals surface area contributed by atoms with E-state index < -0.39 is 17.5 Å². The minimum atomic E-state index is -0.834. The Labute approximate surface area is 126 Å². The van der Waals surface area contributed by atoms with Crippen LogP contribution in [0.25, 0.3) is 0 Å². The standard InChI is InChI=1S/C17H25FO3/c1-16(2)7-9-17(21-4,10-8-16)15(19)12-5-6-14(20-3)13(18)11-12/h5-6,11,15,19H,7-10H2,1-4H3. The first-order chi connectivity index (χ1) is 9.83. The maximum atomic E-state index is 13.9. The first-order valence-corrected chi connectivity index (χ1v) is 7.40. The highest BCUT2D eigenvalue weighted by molar-refractivity contribution is 5.31. The highest BCUT2D eigenvalue weighted by atomic mass is 19.1. The molecule has 0 aromatic heterocycles. The summed E-state index contributed by atoms with van der Waals surface area (Å²) in [6.45, 7) is 4.46. The van der Waals surface area contributed by atoms with Crippen molar-refractivity contribution >= 4 is 0 Å². The quantitative estimate of drug-likeness (QED) is 0.917. The molecule has 1 fully saturated rings. The van der Waals surface area contributed by atoms with E-state index in [2.05, 4.69) is 13.8 Å². The molecule has 1 aliphatic carbocycles. The van der Waals surface area contributed by atoms with Gasteiger partial charge >= 0.3 is 0 Å². The van der Waals surface area contributed by atoms with Crippen molar-refractivity contribution in [2.75, 3.05) is 14.2 Å². The molecule has 4 heteroatoms. The Morgan fingerprint density at radius 2 is 1.76 bits per heavy atom. The average Bonchev–Trinajstić information content (AvgIpc) is 2.47. The summed E-state index contributed by atoms with van der Waals surface area (Å²) in [5, 5.41) is 10.7. The Balaban J connectivity index is 2.24. The molecule has 1 saturated carbocycles. The molecule has 0 bridgehead atoms. The van der Waals surface area contributed by atoms with Crippen LogP contribution in [0.3, 0.4) is 0 Å². The number of hydrogen-bond donors (Lipinski definition) is 1. The van der Waals surface area contributed by atoms with Gasteiger partial charge in [0.05, 0.1) is 12.7 Å². The van der Waals surface area contributed by atoms with Gasteiger partial charge in [-0.1, -0.05) is 19.9 Å². The number of aliphatic hydroxyl groups is 1. The largest absolute Gasteiger partial charge is 0.494 e. The molecule has 0 aliphatic heterocycles. The lowest BCUT2D eigenvalue weighted by Crippen LogP contribution is -2.44. The van der Waals surface area contributed by atoms with E-state index in [9.17, 15) is 9.50 Å². The van der Waals surface area contributed by atoms with Gasteiger partial charge in [0.25, 0.3) is 0 Å². The molecule has 0 saturated heterocycles. The maximum absolute atomic E-state index is 13.9. The molecule has 0 radical (unpaired) electrons. The lowest BCUT2D eigenvalue weighted by atomic mass is 9.68. The molecule has 118 valence electrons. The Morgan fingerprint density at radius 1 is 1.14 bits per heavy atom. The fourth-order valence-electron chi connectivity index (χ4n) is 3.10. The maximum Gasteiger partial charge on any atom is 0.165 e. The summed E-state index contributed by atoms with van der Waals surface area (Å²) < 4.78 is 24.4. The Bertz CT molecular complexity index is 489. The minimum Gasteiger partial charge on any atom is -0.494 e. The van der Waals surface area contributed by atoms with Crippen LogP contribution >= 0.6 is 0 Å². The molecule has 0 spiro atoms. The SMILES string of the molecule is COc1ccc(C(O)C2(OC)CCC(C)(C)CC2)cc1F. The second kappa shape index (κ2) is 5.93. The summed E-state index contributed by atoms with van der Waals surface area (Å²) >= 11 is 0. The van der Waals surface area contributed by atoms with Crippen LogP contribution in [-0.2, 0) is 4.74 Å². The molecule has 1 unspecified atom stereocenters. The molecule has 1 N–H and O–H groups in total. The van der Waals surface area contributed by atoms with Crippen LogP contribution in [0.15, 0.2) is 18.2 Å². The highest BCUT2D eigenvalue weighted by Gasteiger charge is 2.44. The van der Waals surface area contributed by atoms with Crippen LogP contribution in [0.2, 0.25) is 0 Å². The van der Waals surface area contributed by atoms with Gasteiger partial charge in [0, 0.05) is 7.11 Å². The molecule has 21 heavy (non-hydrogen) atoms. The third-order valence-electron chi connectivity index (χ3n) is 4.85. The summed E-state index contributed by atoms with van der Waals surface area (Å²) in [6, 6.07) is 4.58. The van der Waals surface area contributed by atoms with Crippen molar-refractivity contribution in [1.29, 1.82) is 0 Å². The fraction of sp³-hybridized carbons (Fsp3) is 0.647. The monoisotopic (exact) mass is 296 g/mol. The predicted molar refractivity (Wildman–Crippen MR) is 79.9 cm³/mol. The van der Waals surface area contributed by atoms with Gasteiger partial charge in [0.2, 0.25) is 0 Å². The Kier molecular flexibility index (Phi) is 4.59. The van der Waals surface area contributed by atoms with Gasteiger partial charge in [0.1, 0.15) is 6.10 Å². The molecule has 1 atom stereocenters. The normalized spacial score (nSPS) is 21.8. The van der Waals surface area contributed by atoms with E-state index >= 15 is 0 Å². The van der Waals surface area contributed by atoms with Gasteiger partial charge in [-0.2, -0.15) is 0 Å². The van der Waals surface area contributed by atoms with Gasteiger partial charge in [-0.25, -0.2) is 4.39 Å². The molecular formula is C17H25FO3. The Hall–Kier alpha value is -1.13. The van der Waals surface area contributed by atoms with Crippen LogP contribution in [0.1, 0.15) is 51.2 Å². The third kappa shape index (κ3) is 3.22. The van der Waals surface area contributed by atoms with Gasteiger partial charge in [-0.3, -0.25) is 0 Å². The summed E-state index contributed by atoms with van der Waals surface area (Å²) in [5.41, 5.74) is 0.179. The van der Waals surface area contributed by atoms with Crippen molar-refractivity contribution in [2.45, 2.75) is 51.2 Å². The number of benzene rings is 1. The van der Waals surface area contributed by atoms with Gasteiger partial charge in [-0.15, -0.1) is 0 Å². The summed E-state index contributed by atoms with van der Waals surface area (Å²) in [6.07, 6.45) is 2.67. The predicted octanol–water partition coefficient (Wildman–Crippen LogP) is 3.85. The van der Waals surface area contributed by atoms with Gasteiger partial charge < -0.3 is 14.6 Å². The summed E-state index contributed by atoms with van der Waals surface area (Å²) in [4.78, 5) is 0. The van der Waals surface area contributed by atoms with Crippen molar-refractivity contribution < 1.29 is 19.0 Å². The van der Waals surface area contributed by atoms with Crippen LogP contribution in [0.5, 0.6) is 5.75 Å². The minimum absolute atomic E-state index is 0.183. The number of halogens is 1. The van der Waals surface area contributed by atoms with E-state index in [1.54, 1.807) is 19.2 Å². The molecule has 2 rings (SSSR count). The molecule has 3 nitrogen and oxygen atoms in total. The van der Waals surface area contributed by atoms with Crippen molar-refractivity contribution in [3.05, 3.63) is 29.6 Å². The second-order valence-electron chi connectivity index (χ2n) is 6.73. The van der Waals surface area contributed by atoms with E-state index in [0.717, 1.165) is 25.7 Å².